The number of methoxy groups -OCH3 is 2. The number of carbonyl (C=O) groups excluding carboxylic acids is 2. The Hall–Kier alpha value is -2.74. The molecule has 0 bridgehead atoms. The fraction of sp³-hybridized carbons (Fsp3) is 0.409. The molecule has 4 rings (SSSR count). The average Bonchev–Trinajstić information content (AvgIpc) is 3.50. The molecule has 158 valence electrons. The van der Waals surface area contributed by atoms with Crippen molar-refractivity contribution in [3.05, 3.63) is 52.2 Å². The maximum atomic E-state index is 12.8. The molecule has 1 fully saturated rings. The summed E-state index contributed by atoms with van der Waals surface area (Å²) < 4.78 is 10.5. The number of thioether (sulfide) groups is 1. The number of rotatable bonds is 7. The van der Waals surface area contributed by atoms with Crippen molar-refractivity contribution in [1.29, 1.82) is 0 Å². The third kappa shape index (κ3) is 3.96. The highest BCUT2D eigenvalue weighted by atomic mass is 32.2. The molecule has 1 atom stereocenters. The predicted molar refractivity (Wildman–Crippen MR) is 116 cm³/mol. The predicted octanol–water partition coefficient (Wildman–Crippen LogP) is 3.50. The first-order valence-electron chi connectivity index (χ1n) is 10.0. The highest BCUT2D eigenvalue weighted by molar-refractivity contribution is 8.16. The molecule has 1 N–H and O–H groups in total. The van der Waals surface area contributed by atoms with Crippen molar-refractivity contribution in [2.75, 3.05) is 14.2 Å². The van der Waals surface area contributed by atoms with E-state index in [0.717, 1.165) is 29.3 Å². The fourth-order valence-corrected chi connectivity index (χ4v) is 4.65. The Labute approximate surface area is 180 Å². The van der Waals surface area contributed by atoms with Crippen LogP contribution in [0, 0.1) is 0 Å². The zero-order chi connectivity index (χ0) is 21.3. The smallest absolute Gasteiger partial charge is 0.338 e. The van der Waals surface area contributed by atoms with Crippen molar-refractivity contribution in [2.45, 2.75) is 44.7 Å². The van der Waals surface area contributed by atoms with E-state index >= 15 is 0 Å². The van der Waals surface area contributed by atoms with Crippen molar-refractivity contribution in [3.8, 4) is 5.75 Å². The summed E-state index contributed by atoms with van der Waals surface area (Å²) in [5, 5.41) is 5.75. The summed E-state index contributed by atoms with van der Waals surface area (Å²) in [5.41, 5.74) is 2.89. The number of ether oxygens (including phenoxy) is 2. The van der Waals surface area contributed by atoms with Gasteiger partial charge in [0.05, 0.1) is 38.0 Å². The number of nitrogens with one attached hydrogen (secondary N) is 1. The van der Waals surface area contributed by atoms with Crippen LogP contribution < -0.4 is 10.1 Å². The van der Waals surface area contributed by atoms with Crippen LogP contribution in [0.1, 0.15) is 44.2 Å². The largest absolute Gasteiger partial charge is 0.497 e. The number of nitrogens with zero attached hydrogens (tertiary/aromatic N) is 2. The maximum Gasteiger partial charge on any atom is 0.338 e. The zero-order valence-corrected chi connectivity index (χ0v) is 18.1. The van der Waals surface area contributed by atoms with Gasteiger partial charge in [0.1, 0.15) is 5.75 Å². The van der Waals surface area contributed by atoms with Crippen LogP contribution in [0.2, 0.25) is 0 Å². The topological polar surface area (TPSA) is 80.2 Å². The third-order valence-corrected chi connectivity index (χ3v) is 6.21. The zero-order valence-electron chi connectivity index (χ0n) is 17.3. The van der Waals surface area contributed by atoms with E-state index in [1.165, 1.54) is 18.9 Å². The minimum Gasteiger partial charge on any atom is -0.497 e. The van der Waals surface area contributed by atoms with Crippen molar-refractivity contribution in [1.82, 2.24) is 10.2 Å². The summed E-state index contributed by atoms with van der Waals surface area (Å²) in [4.78, 5) is 32.1. The van der Waals surface area contributed by atoms with E-state index in [9.17, 15) is 9.59 Å². The second-order valence-electron chi connectivity index (χ2n) is 7.39. The van der Waals surface area contributed by atoms with E-state index in [1.807, 2.05) is 41.5 Å². The molecule has 7 nitrogen and oxygen atoms in total. The van der Waals surface area contributed by atoms with Crippen LogP contribution in [-0.2, 0) is 14.3 Å². The molecule has 3 aliphatic rings. The molecule has 8 heteroatoms. The summed E-state index contributed by atoms with van der Waals surface area (Å²) in [6, 6.07) is 7.48. The number of esters is 1. The first-order chi connectivity index (χ1) is 14.5. The Kier molecular flexibility index (Phi) is 5.85. The lowest BCUT2D eigenvalue weighted by atomic mass is 9.92. The molecule has 30 heavy (non-hydrogen) atoms. The van der Waals surface area contributed by atoms with Gasteiger partial charge in [-0.15, -0.1) is 0 Å². The number of amides is 1. The minimum absolute atomic E-state index is 0.0140. The lowest BCUT2D eigenvalue weighted by Crippen LogP contribution is -2.38. The number of allylic oxidation sites excluding steroid dienone is 1. The molecule has 1 saturated carbocycles. The number of hydrogen-bond acceptors (Lipinski definition) is 7. The molecule has 1 aromatic rings. The monoisotopic (exact) mass is 427 g/mol. The van der Waals surface area contributed by atoms with Gasteiger partial charge in [-0.05, 0) is 42.4 Å². The Morgan fingerprint density at radius 3 is 2.77 bits per heavy atom. The van der Waals surface area contributed by atoms with E-state index in [2.05, 4.69) is 5.32 Å². The Morgan fingerprint density at radius 1 is 1.30 bits per heavy atom. The van der Waals surface area contributed by atoms with Crippen LogP contribution in [0.25, 0.3) is 0 Å². The molecule has 1 amide bonds. The molecule has 2 aliphatic heterocycles. The summed E-state index contributed by atoms with van der Waals surface area (Å²) in [5.74, 6) is 0.267. The van der Waals surface area contributed by atoms with Crippen LogP contribution in [0.3, 0.4) is 0 Å². The van der Waals surface area contributed by atoms with Crippen molar-refractivity contribution in [2.24, 2.45) is 4.99 Å². The first-order valence-corrected chi connectivity index (χ1v) is 10.9. The Bertz CT molecular complexity index is 965. The van der Waals surface area contributed by atoms with Gasteiger partial charge in [-0.3, -0.25) is 4.79 Å². The van der Waals surface area contributed by atoms with Gasteiger partial charge in [-0.25, -0.2) is 9.79 Å². The van der Waals surface area contributed by atoms with Gasteiger partial charge in [0, 0.05) is 11.7 Å². The first kappa shape index (κ1) is 20.5. The van der Waals surface area contributed by atoms with Crippen LogP contribution in [0.15, 0.2) is 51.6 Å². The molecule has 2 heterocycles. The van der Waals surface area contributed by atoms with Crippen molar-refractivity contribution in [3.63, 3.8) is 0 Å². The van der Waals surface area contributed by atoms with Gasteiger partial charge >= 0.3 is 5.97 Å². The highest BCUT2D eigenvalue weighted by Crippen LogP contribution is 2.45. The van der Waals surface area contributed by atoms with Crippen LogP contribution in [0.4, 0.5) is 0 Å². The normalized spacial score (nSPS) is 20.4. The number of carbonyl (C=O) groups is 2. The second-order valence-corrected chi connectivity index (χ2v) is 8.23. The van der Waals surface area contributed by atoms with Crippen molar-refractivity contribution >= 4 is 28.8 Å². The SMILES string of the molecule is CCC1=C(C(=O)OC)[C@@H](c2cccc(OC)c2)N2C(CC(=O)NC3CC3)=CSC2=N1. The highest BCUT2D eigenvalue weighted by Gasteiger charge is 2.41. The molecule has 0 radical (unpaired) electrons. The van der Waals surface area contributed by atoms with E-state index < -0.39 is 12.0 Å². The van der Waals surface area contributed by atoms with Crippen LogP contribution >= 0.6 is 11.8 Å². The lowest BCUT2D eigenvalue weighted by Gasteiger charge is -2.36. The van der Waals surface area contributed by atoms with Gasteiger partial charge in [0.2, 0.25) is 5.91 Å². The van der Waals surface area contributed by atoms with Gasteiger partial charge < -0.3 is 19.7 Å². The van der Waals surface area contributed by atoms with Gasteiger partial charge in [-0.1, -0.05) is 30.8 Å². The van der Waals surface area contributed by atoms with E-state index in [0.29, 0.717) is 29.5 Å². The molecule has 0 unspecified atom stereocenters. The maximum absolute atomic E-state index is 12.8. The summed E-state index contributed by atoms with van der Waals surface area (Å²) in [6.07, 6.45) is 2.91. The lowest BCUT2D eigenvalue weighted by molar-refractivity contribution is -0.136. The molecular formula is C22H25N3O4S. The summed E-state index contributed by atoms with van der Waals surface area (Å²) >= 11 is 1.48. The quantitative estimate of drug-likeness (QED) is 0.671. The van der Waals surface area contributed by atoms with Crippen LogP contribution in [-0.4, -0.2) is 42.2 Å². The molecule has 0 saturated heterocycles. The molecule has 0 aromatic heterocycles. The second kappa shape index (κ2) is 8.55. The summed E-state index contributed by atoms with van der Waals surface area (Å²) in [6.45, 7) is 1.97. The standard InChI is InChI=1S/C22H25N3O4S/c1-4-17-19(21(27)29-3)20(13-6-5-7-16(10-13)28-2)25-15(12-30-22(25)24-17)11-18(26)23-14-8-9-14/h5-7,10,12,14,20H,4,8-9,11H2,1-3H3,(H,23,26)/t20-/m1/s1. The van der Waals surface area contributed by atoms with Crippen LogP contribution in [0.5, 0.6) is 5.75 Å². The number of benzene rings is 1. The van der Waals surface area contributed by atoms with E-state index in [-0.39, 0.29) is 12.3 Å². The number of amidine groups is 1. The van der Waals surface area contributed by atoms with E-state index in [1.54, 1.807) is 7.11 Å². The van der Waals surface area contributed by atoms with Crippen molar-refractivity contribution < 1.29 is 19.1 Å². The molecule has 1 aliphatic carbocycles. The van der Waals surface area contributed by atoms with E-state index in [4.69, 9.17) is 14.5 Å². The third-order valence-electron chi connectivity index (χ3n) is 5.32. The minimum atomic E-state index is -0.440. The fourth-order valence-electron chi connectivity index (χ4n) is 3.71. The Morgan fingerprint density at radius 2 is 2.10 bits per heavy atom. The number of hydrogen-bond donors (Lipinski definition) is 1. The summed E-state index contributed by atoms with van der Waals surface area (Å²) in [7, 11) is 2.99. The molecular weight excluding hydrogens is 402 g/mol. The molecule has 0 spiro atoms. The number of aliphatic imine (C=N–C) groups is 1. The van der Waals surface area contributed by atoms with Gasteiger partial charge in [-0.2, -0.15) is 0 Å². The number of fused-ring (bicyclic) bond motifs is 1. The van der Waals surface area contributed by atoms with Gasteiger partial charge in [0.25, 0.3) is 0 Å². The molecule has 1 aromatic carbocycles. The van der Waals surface area contributed by atoms with Gasteiger partial charge in [0.15, 0.2) is 5.17 Å². The Balaban J connectivity index is 1.75. The average molecular weight is 428 g/mol.